The fourth-order valence-electron chi connectivity index (χ4n) is 1.74. The number of hydrogen-bond donors (Lipinski definition) is 3. The normalized spacial score (nSPS) is 12.0. The molecule has 1 rings (SSSR count). The van der Waals surface area contributed by atoms with Crippen molar-refractivity contribution in [2.45, 2.75) is 39.3 Å². The van der Waals surface area contributed by atoms with Crippen LogP contribution in [0.2, 0.25) is 0 Å². The first kappa shape index (κ1) is 18.6. The van der Waals surface area contributed by atoms with Gasteiger partial charge in [0, 0.05) is 24.0 Å². The Kier molecular flexibility index (Phi) is 6.68. The number of carbonyl (C=O) groups excluding carboxylic acids is 2. The van der Waals surface area contributed by atoms with Crippen LogP contribution in [-0.2, 0) is 9.47 Å². The largest absolute Gasteiger partial charge is 0.453 e. The van der Waals surface area contributed by atoms with Gasteiger partial charge in [-0.15, -0.1) is 0 Å². The van der Waals surface area contributed by atoms with Gasteiger partial charge in [0.1, 0.15) is 5.60 Å². The molecule has 1 aromatic carbocycles. The molecule has 0 radical (unpaired) electrons. The molecule has 0 heterocycles. The second kappa shape index (κ2) is 8.26. The number of carbonyl (C=O) groups is 2. The van der Waals surface area contributed by atoms with E-state index in [4.69, 9.17) is 4.74 Å². The number of hydrogen-bond acceptors (Lipinski definition) is 5. The number of amides is 2. The molecule has 0 saturated heterocycles. The molecule has 0 aliphatic rings. The van der Waals surface area contributed by atoms with E-state index in [-0.39, 0.29) is 6.04 Å². The molecule has 2 amide bonds. The van der Waals surface area contributed by atoms with Crippen molar-refractivity contribution in [3.8, 4) is 0 Å². The van der Waals surface area contributed by atoms with Crippen LogP contribution in [0.5, 0.6) is 0 Å². The molecule has 128 valence electrons. The van der Waals surface area contributed by atoms with E-state index >= 15 is 0 Å². The first-order valence-corrected chi connectivity index (χ1v) is 7.38. The highest BCUT2D eigenvalue weighted by Gasteiger charge is 2.16. The summed E-state index contributed by atoms with van der Waals surface area (Å²) in [7, 11) is 1.31. The fourth-order valence-corrected chi connectivity index (χ4v) is 1.74. The highest BCUT2D eigenvalue weighted by atomic mass is 16.6. The second-order valence-electron chi connectivity index (χ2n) is 6.13. The van der Waals surface area contributed by atoms with Crippen molar-refractivity contribution < 1.29 is 19.1 Å². The van der Waals surface area contributed by atoms with Crippen molar-refractivity contribution in [3.63, 3.8) is 0 Å². The topological polar surface area (TPSA) is 88.7 Å². The Balaban J connectivity index is 2.48. The van der Waals surface area contributed by atoms with Crippen LogP contribution < -0.4 is 16.0 Å². The summed E-state index contributed by atoms with van der Waals surface area (Å²) in [6.07, 6.45) is -0.978. The molecule has 0 bridgehead atoms. The lowest BCUT2D eigenvalue weighted by Crippen LogP contribution is -2.38. The minimum absolute atomic E-state index is 0.0177. The Morgan fingerprint density at radius 2 is 1.83 bits per heavy atom. The van der Waals surface area contributed by atoms with Gasteiger partial charge in [-0.05, 0) is 45.9 Å². The van der Waals surface area contributed by atoms with E-state index in [1.165, 1.54) is 7.11 Å². The molecule has 1 unspecified atom stereocenters. The van der Waals surface area contributed by atoms with Crippen LogP contribution in [0.15, 0.2) is 24.3 Å². The van der Waals surface area contributed by atoms with Crippen LogP contribution in [0.1, 0.15) is 27.7 Å². The molecule has 23 heavy (non-hydrogen) atoms. The first-order valence-electron chi connectivity index (χ1n) is 7.38. The van der Waals surface area contributed by atoms with Gasteiger partial charge >= 0.3 is 12.2 Å². The van der Waals surface area contributed by atoms with Crippen LogP contribution in [0.25, 0.3) is 0 Å². The van der Waals surface area contributed by atoms with Crippen molar-refractivity contribution in [1.29, 1.82) is 0 Å². The Labute approximate surface area is 136 Å². The predicted molar refractivity (Wildman–Crippen MR) is 89.8 cm³/mol. The zero-order chi connectivity index (χ0) is 17.5. The maximum absolute atomic E-state index is 11.6. The lowest BCUT2D eigenvalue weighted by Gasteiger charge is -2.21. The van der Waals surface area contributed by atoms with E-state index in [0.717, 1.165) is 5.69 Å². The molecule has 0 aromatic heterocycles. The molecular formula is C16H25N3O4. The predicted octanol–water partition coefficient (Wildman–Crippen LogP) is 3.19. The summed E-state index contributed by atoms with van der Waals surface area (Å²) in [6.45, 7) is 7.78. The molecule has 0 saturated carbocycles. The van der Waals surface area contributed by atoms with Crippen molar-refractivity contribution in [2.75, 3.05) is 24.3 Å². The minimum Gasteiger partial charge on any atom is -0.453 e. The van der Waals surface area contributed by atoms with Crippen LogP contribution in [0, 0.1) is 0 Å². The summed E-state index contributed by atoms with van der Waals surface area (Å²) < 4.78 is 9.72. The van der Waals surface area contributed by atoms with E-state index in [0.29, 0.717) is 12.2 Å². The molecule has 7 nitrogen and oxygen atoms in total. The van der Waals surface area contributed by atoms with Crippen molar-refractivity contribution in [1.82, 2.24) is 5.32 Å². The van der Waals surface area contributed by atoms with E-state index in [9.17, 15) is 9.59 Å². The van der Waals surface area contributed by atoms with E-state index in [1.807, 2.05) is 39.8 Å². The number of anilines is 2. The fraction of sp³-hybridized carbons (Fsp3) is 0.500. The number of rotatable bonds is 5. The molecule has 1 aromatic rings. The van der Waals surface area contributed by atoms with Gasteiger partial charge in [0.2, 0.25) is 0 Å². The Morgan fingerprint density at radius 3 is 2.43 bits per heavy atom. The molecule has 7 heteroatoms. The number of alkyl carbamates (subject to hydrolysis) is 1. The molecule has 0 aliphatic heterocycles. The maximum Gasteiger partial charge on any atom is 0.411 e. The summed E-state index contributed by atoms with van der Waals surface area (Å²) in [6, 6.07) is 7.19. The average Bonchev–Trinajstić information content (AvgIpc) is 2.43. The second-order valence-corrected chi connectivity index (χ2v) is 6.13. The van der Waals surface area contributed by atoms with Crippen LogP contribution >= 0.6 is 0 Å². The van der Waals surface area contributed by atoms with Gasteiger partial charge < -0.3 is 20.1 Å². The number of ether oxygens (including phenoxy) is 2. The third kappa shape index (κ3) is 7.94. The third-order valence-electron chi connectivity index (χ3n) is 2.66. The van der Waals surface area contributed by atoms with Crippen molar-refractivity contribution in [2.24, 2.45) is 0 Å². The van der Waals surface area contributed by atoms with Gasteiger partial charge in [0.05, 0.1) is 7.11 Å². The molecule has 0 fully saturated rings. The first-order chi connectivity index (χ1) is 10.7. The van der Waals surface area contributed by atoms with Crippen molar-refractivity contribution >= 4 is 23.6 Å². The zero-order valence-corrected chi connectivity index (χ0v) is 14.2. The van der Waals surface area contributed by atoms with Crippen molar-refractivity contribution in [3.05, 3.63) is 24.3 Å². The molecular weight excluding hydrogens is 298 g/mol. The number of methoxy groups -OCH3 is 1. The maximum atomic E-state index is 11.6. The lowest BCUT2D eigenvalue weighted by atomic mass is 10.2. The van der Waals surface area contributed by atoms with Gasteiger partial charge in [-0.3, -0.25) is 5.32 Å². The van der Waals surface area contributed by atoms with Gasteiger partial charge in [0.15, 0.2) is 0 Å². The van der Waals surface area contributed by atoms with Crippen LogP contribution in [0.4, 0.5) is 21.0 Å². The summed E-state index contributed by atoms with van der Waals surface area (Å²) in [5, 5.41) is 8.52. The smallest absolute Gasteiger partial charge is 0.411 e. The standard InChI is InChI=1S/C16H25N3O4/c1-11(10-17-14(20)23-16(2,3)4)18-12-7-6-8-13(9-12)19-15(21)22-5/h6-9,11,18H,10H2,1-5H3,(H,17,20)(H,19,21). The van der Waals surface area contributed by atoms with Gasteiger partial charge in [-0.25, -0.2) is 9.59 Å². The Hall–Kier alpha value is -2.44. The summed E-state index contributed by atoms with van der Waals surface area (Å²) in [4.78, 5) is 22.8. The third-order valence-corrected chi connectivity index (χ3v) is 2.66. The number of benzene rings is 1. The monoisotopic (exact) mass is 323 g/mol. The summed E-state index contributed by atoms with van der Waals surface area (Å²) in [5.41, 5.74) is 0.917. The van der Waals surface area contributed by atoms with E-state index < -0.39 is 17.8 Å². The molecule has 0 spiro atoms. The quantitative estimate of drug-likeness (QED) is 0.774. The van der Waals surface area contributed by atoms with E-state index in [2.05, 4.69) is 20.7 Å². The molecule has 1 atom stereocenters. The average molecular weight is 323 g/mol. The highest BCUT2D eigenvalue weighted by Crippen LogP contribution is 2.16. The molecule has 0 aliphatic carbocycles. The summed E-state index contributed by atoms with van der Waals surface area (Å²) >= 11 is 0. The zero-order valence-electron chi connectivity index (χ0n) is 14.2. The lowest BCUT2D eigenvalue weighted by molar-refractivity contribution is 0.0526. The van der Waals surface area contributed by atoms with E-state index in [1.54, 1.807) is 12.1 Å². The Bertz CT molecular complexity index is 540. The van der Waals surface area contributed by atoms with Crippen LogP contribution in [0.3, 0.4) is 0 Å². The van der Waals surface area contributed by atoms with Gasteiger partial charge in [-0.1, -0.05) is 6.07 Å². The summed E-state index contributed by atoms with van der Waals surface area (Å²) in [5.74, 6) is 0. The van der Waals surface area contributed by atoms with Crippen LogP contribution in [-0.4, -0.2) is 37.5 Å². The SMILES string of the molecule is COC(=O)Nc1cccc(NC(C)CNC(=O)OC(C)(C)C)c1. The highest BCUT2D eigenvalue weighted by molar-refractivity contribution is 5.85. The molecule has 3 N–H and O–H groups in total. The van der Waals surface area contributed by atoms with Gasteiger partial charge in [-0.2, -0.15) is 0 Å². The minimum atomic E-state index is -0.526. The Morgan fingerprint density at radius 1 is 1.17 bits per heavy atom. The number of nitrogens with one attached hydrogen (secondary N) is 3. The van der Waals surface area contributed by atoms with Gasteiger partial charge in [0.25, 0.3) is 0 Å².